The Labute approximate surface area is 240 Å². The molecule has 226 valence electrons. The molecule has 0 amide bonds. The van der Waals surface area contributed by atoms with Gasteiger partial charge in [-0.2, -0.15) is 4.31 Å². The molecule has 0 aromatic heterocycles. The van der Waals surface area contributed by atoms with E-state index >= 15 is 0 Å². The van der Waals surface area contributed by atoms with Crippen LogP contribution >= 0.6 is 0 Å². The summed E-state index contributed by atoms with van der Waals surface area (Å²) in [7, 11) is -6.35. The van der Waals surface area contributed by atoms with Gasteiger partial charge in [-0.05, 0) is 68.5 Å². The Bertz CT molecular complexity index is 1470. The first-order valence-electron chi connectivity index (χ1n) is 14.0. The van der Waals surface area contributed by atoms with Crippen LogP contribution in [0.5, 0.6) is 5.75 Å². The third kappa shape index (κ3) is 6.60. The van der Waals surface area contributed by atoms with Crippen LogP contribution in [0, 0.1) is 17.0 Å². The maximum Gasteiger partial charge on any atom is 0.245 e. The first-order chi connectivity index (χ1) is 19.4. The predicted molar refractivity (Wildman–Crippen MR) is 149 cm³/mol. The van der Waals surface area contributed by atoms with E-state index in [9.17, 15) is 30.7 Å². The number of halogens is 2. The zero-order chi connectivity index (χ0) is 29.4. The van der Waals surface area contributed by atoms with E-state index < -0.39 is 48.1 Å². The quantitative estimate of drug-likeness (QED) is 0.547. The topological polar surface area (TPSA) is 116 Å². The van der Waals surface area contributed by atoms with Crippen LogP contribution in [0.25, 0.3) is 0 Å². The molecule has 1 atom stereocenters. The van der Waals surface area contributed by atoms with Gasteiger partial charge < -0.3 is 14.7 Å². The maximum atomic E-state index is 14.4. The van der Waals surface area contributed by atoms with Gasteiger partial charge in [-0.1, -0.05) is 18.9 Å². The lowest BCUT2D eigenvalue weighted by molar-refractivity contribution is 0.0318. The summed E-state index contributed by atoms with van der Waals surface area (Å²) in [6.45, 7) is 0.775. The first-order valence-corrected chi connectivity index (χ1v) is 16.9. The second-order valence-corrected chi connectivity index (χ2v) is 15.3. The molecule has 13 heteroatoms. The summed E-state index contributed by atoms with van der Waals surface area (Å²) in [5, 5.41) is 10.6. The Morgan fingerprint density at radius 3 is 2.46 bits per heavy atom. The third-order valence-corrected chi connectivity index (χ3v) is 11.9. The molecule has 2 aromatic carbocycles. The highest BCUT2D eigenvalue weighted by Gasteiger charge is 2.41. The molecule has 1 spiro atoms. The van der Waals surface area contributed by atoms with Gasteiger partial charge in [-0.3, -0.25) is 0 Å². The lowest BCUT2D eigenvalue weighted by Crippen LogP contribution is -2.51. The number of aliphatic hydroxyl groups is 1. The van der Waals surface area contributed by atoms with Crippen molar-refractivity contribution in [2.45, 2.75) is 60.3 Å². The van der Waals surface area contributed by atoms with Crippen LogP contribution in [0.3, 0.4) is 0 Å². The number of nitrogens with one attached hydrogen (secondary N) is 1. The van der Waals surface area contributed by atoms with Crippen molar-refractivity contribution in [3.05, 3.63) is 53.6 Å². The van der Waals surface area contributed by atoms with Crippen molar-refractivity contribution in [2.75, 3.05) is 46.4 Å². The first kappa shape index (κ1) is 30.3. The van der Waals surface area contributed by atoms with Gasteiger partial charge in [0.25, 0.3) is 0 Å². The number of β-amino-alcohol motifs (C(OH)–C–C–N with tert-alkyl or cyclic N) is 1. The number of hydrogen-bond acceptors (Lipinski definition) is 7. The lowest BCUT2D eigenvalue weighted by Gasteiger charge is -2.43. The summed E-state index contributed by atoms with van der Waals surface area (Å²) in [5.74, 6) is -1.42. The molecular weight excluding hydrogens is 576 g/mol. The van der Waals surface area contributed by atoms with Crippen LogP contribution in [0.2, 0.25) is 0 Å². The van der Waals surface area contributed by atoms with Crippen molar-refractivity contribution < 1.29 is 35.5 Å². The molecule has 3 aliphatic rings. The van der Waals surface area contributed by atoms with Gasteiger partial charge in [-0.15, -0.1) is 0 Å². The number of aliphatic hydroxyl groups excluding tert-OH is 1. The van der Waals surface area contributed by atoms with E-state index in [4.69, 9.17) is 4.74 Å². The average molecular weight is 614 g/mol. The number of piperidine rings is 1. The van der Waals surface area contributed by atoms with Gasteiger partial charge in [0, 0.05) is 44.2 Å². The van der Waals surface area contributed by atoms with Crippen LogP contribution in [0.4, 0.5) is 8.78 Å². The Morgan fingerprint density at radius 2 is 1.78 bits per heavy atom. The van der Waals surface area contributed by atoms with Gasteiger partial charge in [0.15, 0.2) is 0 Å². The zero-order valence-electron chi connectivity index (χ0n) is 23.1. The summed E-state index contributed by atoms with van der Waals surface area (Å²) >= 11 is 0. The Morgan fingerprint density at radius 1 is 1.07 bits per heavy atom. The minimum absolute atomic E-state index is 0.00215. The van der Waals surface area contributed by atoms with E-state index in [0.717, 1.165) is 43.4 Å². The van der Waals surface area contributed by atoms with Crippen LogP contribution < -0.4 is 9.46 Å². The van der Waals surface area contributed by atoms with Crippen molar-refractivity contribution in [3.63, 3.8) is 0 Å². The highest BCUT2D eigenvalue weighted by molar-refractivity contribution is 7.89. The van der Waals surface area contributed by atoms with Crippen LogP contribution in [0.15, 0.2) is 46.2 Å². The average Bonchev–Trinajstić information content (AvgIpc) is 3.45. The van der Waals surface area contributed by atoms with Crippen LogP contribution in [-0.4, -0.2) is 83.6 Å². The van der Waals surface area contributed by atoms with E-state index in [1.165, 1.54) is 4.31 Å². The highest BCUT2D eigenvalue weighted by atomic mass is 32.2. The zero-order valence-corrected chi connectivity index (χ0v) is 24.7. The van der Waals surface area contributed by atoms with Gasteiger partial charge in [-0.25, -0.2) is 30.3 Å². The van der Waals surface area contributed by atoms with Gasteiger partial charge in [0.05, 0.1) is 12.7 Å². The number of benzene rings is 2. The van der Waals surface area contributed by atoms with E-state index in [1.54, 1.807) is 12.1 Å². The van der Waals surface area contributed by atoms with Crippen molar-refractivity contribution in [3.8, 4) is 5.75 Å². The van der Waals surface area contributed by atoms with E-state index in [-0.39, 0.29) is 43.4 Å². The number of sulfonamides is 2. The molecule has 41 heavy (non-hydrogen) atoms. The fourth-order valence-electron chi connectivity index (χ4n) is 6.32. The van der Waals surface area contributed by atoms with Crippen molar-refractivity contribution in [1.29, 1.82) is 0 Å². The minimum atomic E-state index is -4.20. The standard InChI is InChI=1S/C28H37F2N3O6S2/c1-32-17-23(34)16-31-40(35,36)27-8-6-21(20-4-2-3-5-20)14-25(27)39-19-28(18-32)10-12-33(13-11-28)41(37,38)26-9-7-22(29)15-24(26)30/h6-9,14-15,20,23,31,34H,2-5,10-13,16-19H2,1H3. The number of likely N-dealkylation sites (N-methyl/N-ethyl adjacent to an activating group) is 1. The van der Waals surface area contributed by atoms with Gasteiger partial charge >= 0.3 is 0 Å². The predicted octanol–water partition coefficient (Wildman–Crippen LogP) is 3.06. The summed E-state index contributed by atoms with van der Waals surface area (Å²) in [5.41, 5.74) is 0.454. The van der Waals surface area contributed by atoms with Crippen LogP contribution in [-0.2, 0) is 20.0 Å². The van der Waals surface area contributed by atoms with Crippen molar-refractivity contribution in [2.24, 2.45) is 5.41 Å². The monoisotopic (exact) mass is 613 g/mol. The minimum Gasteiger partial charge on any atom is -0.492 e. The molecule has 2 aromatic rings. The second kappa shape index (κ2) is 11.8. The smallest absolute Gasteiger partial charge is 0.245 e. The summed E-state index contributed by atoms with van der Waals surface area (Å²) in [6, 6.07) is 7.62. The number of nitrogens with zero attached hydrogens (tertiary/aromatic N) is 2. The Balaban J connectivity index is 1.43. The third-order valence-electron chi connectivity index (χ3n) is 8.55. The number of fused-ring (bicyclic) bond motifs is 1. The lowest BCUT2D eigenvalue weighted by atomic mass is 9.79. The molecule has 2 fully saturated rings. The molecule has 0 radical (unpaired) electrons. The summed E-state index contributed by atoms with van der Waals surface area (Å²) in [4.78, 5) is 1.32. The van der Waals surface area contributed by atoms with Crippen molar-refractivity contribution >= 4 is 20.0 Å². The largest absolute Gasteiger partial charge is 0.492 e. The maximum absolute atomic E-state index is 14.4. The Kier molecular flexibility index (Phi) is 8.76. The molecule has 1 saturated heterocycles. The molecule has 2 heterocycles. The van der Waals surface area contributed by atoms with E-state index in [0.29, 0.717) is 31.4 Å². The summed E-state index contributed by atoms with van der Waals surface area (Å²) < 4.78 is 90.7. The summed E-state index contributed by atoms with van der Waals surface area (Å²) in [6.07, 6.45) is 4.06. The number of rotatable bonds is 3. The molecule has 9 nitrogen and oxygen atoms in total. The molecule has 1 unspecified atom stereocenters. The highest BCUT2D eigenvalue weighted by Crippen LogP contribution is 2.40. The fourth-order valence-corrected chi connectivity index (χ4v) is 9.01. The molecular formula is C28H37F2N3O6S2. The Hall–Kier alpha value is -2.16. The second-order valence-electron chi connectivity index (χ2n) is 11.7. The number of ether oxygens (including phenoxy) is 1. The molecule has 2 aliphatic heterocycles. The molecule has 2 N–H and O–H groups in total. The number of hydrogen-bond donors (Lipinski definition) is 2. The SMILES string of the molecule is CN1CC(O)CNS(=O)(=O)c2ccc(C3CCCC3)cc2OCC2(CCN(S(=O)(=O)c3ccc(F)cc3F)CC2)C1. The molecule has 5 rings (SSSR count). The van der Waals surface area contributed by atoms with E-state index in [2.05, 4.69) is 4.72 Å². The molecule has 1 saturated carbocycles. The van der Waals surface area contributed by atoms with Gasteiger partial charge in [0.1, 0.15) is 27.2 Å². The van der Waals surface area contributed by atoms with Gasteiger partial charge in [0.2, 0.25) is 20.0 Å². The van der Waals surface area contributed by atoms with Crippen LogP contribution in [0.1, 0.15) is 50.0 Å². The normalized spacial score (nSPS) is 24.7. The van der Waals surface area contributed by atoms with Crippen molar-refractivity contribution in [1.82, 2.24) is 13.9 Å². The molecule has 1 aliphatic carbocycles. The molecule has 0 bridgehead atoms. The van der Waals surface area contributed by atoms with E-state index in [1.807, 2.05) is 18.0 Å². The fraction of sp³-hybridized carbons (Fsp3) is 0.571.